The number of likely N-dealkylation sites (N-methyl/N-ethyl adjacent to an activating group) is 1. The van der Waals surface area contributed by atoms with Crippen LogP contribution >= 0.6 is 0 Å². The number of hydrogen-bond donors (Lipinski definition) is 1. The quantitative estimate of drug-likeness (QED) is 0.757. The summed E-state index contributed by atoms with van der Waals surface area (Å²) in [6.45, 7) is 3.07. The van der Waals surface area contributed by atoms with Crippen molar-refractivity contribution in [2.75, 3.05) is 26.7 Å². The van der Waals surface area contributed by atoms with Crippen molar-refractivity contribution >= 4 is 16.9 Å². The number of benzene rings is 2. The van der Waals surface area contributed by atoms with Crippen LogP contribution in [-0.4, -0.2) is 63.8 Å². The van der Waals surface area contributed by atoms with Gasteiger partial charge in [0.05, 0.1) is 0 Å². The van der Waals surface area contributed by atoms with Crippen molar-refractivity contribution in [1.29, 1.82) is 0 Å². The van der Waals surface area contributed by atoms with Crippen molar-refractivity contribution in [3.05, 3.63) is 59.7 Å². The van der Waals surface area contributed by atoms with Gasteiger partial charge in [-0.1, -0.05) is 30.3 Å². The van der Waals surface area contributed by atoms with Gasteiger partial charge in [0.2, 0.25) is 0 Å². The van der Waals surface area contributed by atoms with Crippen LogP contribution in [0.3, 0.4) is 0 Å². The maximum atomic E-state index is 12.9. The molecule has 1 aliphatic rings. The number of nitrogens with zero attached hydrogens (tertiary/aromatic N) is 4. The van der Waals surface area contributed by atoms with Crippen molar-refractivity contribution in [2.24, 2.45) is 0 Å². The van der Waals surface area contributed by atoms with E-state index in [0.717, 1.165) is 49.9 Å². The van der Waals surface area contributed by atoms with Crippen LogP contribution in [0.1, 0.15) is 28.8 Å². The summed E-state index contributed by atoms with van der Waals surface area (Å²) in [6.07, 6.45) is 3.23. The highest BCUT2D eigenvalue weighted by Gasteiger charge is 2.26. The third-order valence-electron chi connectivity index (χ3n) is 5.47. The predicted molar refractivity (Wildman–Crippen MR) is 106 cm³/mol. The number of aromatic nitrogens is 3. The number of piperidine rings is 1. The van der Waals surface area contributed by atoms with E-state index in [1.165, 1.54) is 5.56 Å². The first-order valence-corrected chi connectivity index (χ1v) is 9.55. The number of H-pyrrole nitrogens is 1. The Bertz CT molecular complexity index is 907. The second-order valence-corrected chi connectivity index (χ2v) is 7.28. The fourth-order valence-corrected chi connectivity index (χ4v) is 3.82. The Kier molecular flexibility index (Phi) is 5.16. The van der Waals surface area contributed by atoms with Crippen molar-refractivity contribution in [1.82, 2.24) is 25.2 Å². The SMILES string of the molecule is CN(C(=O)c1ccc2n[nH]nc2c1)C1CCCN(CCc2ccccc2)C1. The van der Waals surface area contributed by atoms with E-state index in [9.17, 15) is 4.79 Å². The van der Waals surface area contributed by atoms with E-state index in [1.54, 1.807) is 0 Å². The molecule has 2 heterocycles. The molecule has 140 valence electrons. The first kappa shape index (κ1) is 17.7. The molecular formula is C21H25N5O. The summed E-state index contributed by atoms with van der Waals surface area (Å²) < 4.78 is 0. The number of hydrogen-bond acceptors (Lipinski definition) is 4. The Balaban J connectivity index is 1.38. The van der Waals surface area contributed by atoms with Crippen molar-refractivity contribution in [2.45, 2.75) is 25.3 Å². The van der Waals surface area contributed by atoms with Crippen LogP contribution in [0.5, 0.6) is 0 Å². The Morgan fingerprint density at radius 1 is 1.19 bits per heavy atom. The fraction of sp³-hybridized carbons (Fsp3) is 0.381. The van der Waals surface area contributed by atoms with E-state index in [0.29, 0.717) is 5.56 Å². The average molecular weight is 363 g/mol. The van der Waals surface area contributed by atoms with Crippen LogP contribution in [0, 0.1) is 0 Å². The van der Waals surface area contributed by atoms with E-state index in [2.05, 4.69) is 50.6 Å². The summed E-state index contributed by atoms with van der Waals surface area (Å²) in [4.78, 5) is 17.3. The van der Waals surface area contributed by atoms with Gasteiger partial charge in [0.25, 0.3) is 5.91 Å². The van der Waals surface area contributed by atoms with Gasteiger partial charge in [-0.25, -0.2) is 0 Å². The van der Waals surface area contributed by atoms with Gasteiger partial charge in [0, 0.05) is 31.7 Å². The van der Waals surface area contributed by atoms with Gasteiger partial charge >= 0.3 is 0 Å². The molecule has 4 rings (SSSR count). The molecule has 1 N–H and O–H groups in total. The molecule has 0 aliphatic carbocycles. The molecule has 6 heteroatoms. The van der Waals surface area contributed by atoms with Gasteiger partial charge in [-0.05, 0) is 49.6 Å². The molecule has 0 saturated carbocycles. The van der Waals surface area contributed by atoms with Crippen molar-refractivity contribution in [3.63, 3.8) is 0 Å². The molecule has 0 bridgehead atoms. The number of rotatable bonds is 5. The first-order chi connectivity index (χ1) is 13.2. The lowest BCUT2D eigenvalue weighted by Gasteiger charge is -2.37. The van der Waals surface area contributed by atoms with Crippen molar-refractivity contribution < 1.29 is 4.79 Å². The Morgan fingerprint density at radius 3 is 2.85 bits per heavy atom. The third kappa shape index (κ3) is 4.01. The van der Waals surface area contributed by atoms with E-state index in [-0.39, 0.29) is 11.9 Å². The van der Waals surface area contributed by atoms with E-state index >= 15 is 0 Å². The Morgan fingerprint density at radius 2 is 2.00 bits per heavy atom. The molecule has 0 radical (unpaired) electrons. The van der Waals surface area contributed by atoms with Crippen LogP contribution in [0.2, 0.25) is 0 Å². The molecule has 0 spiro atoms. The second kappa shape index (κ2) is 7.88. The van der Waals surface area contributed by atoms with Gasteiger partial charge < -0.3 is 9.80 Å². The summed E-state index contributed by atoms with van der Waals surface area (Å²) in [6, 6.07) is 16.3. The maximum absolute atomic E-state index is 12.9. The highest BCUT2D eigenvalue weighted by molar-refractivity contribution is 5.97. The van der Waals surface area contributed by atoms with Crippen molar-refractivity contribution in [3.8, 4) is 0 Å². The van der Waals surface area contributed by atoms with Gasteiger partial charge in [0.1, 0.15) is 11.0 Å². The molecule has 1 aliphatic heterocycles. The topological polar surface area (TPSA) is 65.1 Å². The smallest absolute Gasteiger partial charge is 0.253 e. The third-order valence-corrected chi connectivity index (χ3v) is 5.47. The van der Waals surface area contributed by atoms with Gasteiger partial charge in [-0.3, -0.25) is 4.79 Å². The number of nitrogens with one attached hydrogen (secondary N) is 1. The molecule has 3 aromatic rings. The zero-order valence-electron chi connectivity index (χ0n) is 15.6. The normalized spacial score (nSPS) is 17.9. The number of likely N-dealkylation sites (tertiary alicyclic amines) is 1. The molecule has 1 amide bonds. The zero-order chi connectivity index (χ0) is 18.6. The summed E-state index contributed by atoms with van der Waals surface area (Å²) >= 11 is 0. The molecular weight excluding hydrogens is 338 g/mol. The standard InChI is InChI=1S/C21H25N5O/c1-25(21(27)17-9-10-19-20(14-17)23-24-22-19)18-8-5-12-26(15-18)13-11-16-6-3-2-4-7-16/h2-4,6-7,9-10,14,18H,5,8,11-13,15H2,1H3,(H,22,23,24). The number of amides is 1. The lowest BCUT2D eigenvalue weighted by molar-refractivity contribution is 0.0619. The maximum Gasteiger partial charge on any atom is 0.253 e. The summed E-state index contributed by atoms with van der Waals surface area (Å²) in [5.74, 6) is 0.0507. The highest BCUT2D eigenvalue weighted by Crippen LogP contribution is 2.19. The minimum atomic E-state index is 0.0507. The Hall–Kier alpha value is -2.73. The van der Waals surface area contributed by atoms with Crippen LogP contribution in [0.25, 0.3) is 11.0 Å². The lowest BCUT2D eigenvalue weighted by atomic mass is 10.0. The fourth-order valence-electron chi connectivity index (χ4n) is 3.82. The minimum absolute atomic E-state index is 0.0507. The largest absolute Gasteiger partial charge is 0.337 e. The molecule has 1 fully saturated rings. The molecule has 1 atom stereocenters. The predicted octanol–water partition coefficient (Wildman–Crippen LogP) is 2.74. The van der Waals surface area contributed by atoms with Gasteiger partial charge in [-0.15, -0.1) is 0 Å². The zero-order valence-corrected chi connectivity index (χ0v) is 15.6. The summed E-state index contributed by atoms with van der Waals surface area (Å²) in [5.41, 5.74) is 3.53. The average Bonchev–Trinajstić information content (AvgIpc) is 3.20. The Labute approximate surface area is 159 Å². The van der Waals surface area contributed by atoms with Gasteiger partial charge in [0.15, 0.2) is 0 Å². The van der Waals surface area contributed by atoms with Crippen LogP contribution in [0.4, 0.5) is 0 Å². The molecule has 1 aromatic heterocycles. The number of carbonyl (C=O) groups excluding carboxylic acids is 1. The van der Waals surface area contributed by atoms with Gasteiger partial charge in [-0.2, -0.15) is 15.4 Å². The summed E-state index contributed by atoms with van der Waals surface area (Å²) in [5, 5.41) is 10.7. The molecule has 6 nitrogen and oxygen atoms in total. The minimum Gasteiger partial charge on any atom is -0.337 e. The lowest BCUT2D eigenvalue weighted by Crippen LogP contribution is -2.49. The molecule has 1 unspecified atom stereocenters. The van der Waals surface area contributed by atoms with Crippen LogP contribution < -0.4 is 0 Å². The molecule has 2 aromatic carbocycles. The molecule has 1 saturated heterocycles. The molecule has 27 heavy (non-hydrogen) atoms. The highest BCUT2D eigenvalue weighted by atomic mass is 16.2. The van der Waals surface area contributed by atoms with Crippen LogP contribution in [0.15, 0.2) is 48.5 Å². The summed E-state index contributed by atoms with van der Waals surface area (Å²) in [7, 11) is 1.92. The monoisotopic (exact) mass is 363 g/mol. The number of carbonyl (C=O) groups is 1. The van der Waals surface area contributed by atoms with E-state index in [1.807, 2.05) is 30.1 Å². The number of aromatic amines is 1. The first-order valence-electron chi connectivity index (χ1n) is 9.55. The number of fused-ring (bicyclic) bond motifs is 1. The van der Waals surface area contributed by atoms with E-state index in [4.69, 9.17) is 0 Å². The van der Waals surface area contributed by atoms with E-state index < -0.39 is 0 Å². The van der Waals surface area contributed by atoms with Crippen LogP contribution in [-0.2, 0) is 6.42 Å². The second-order valence-electron chi connectivity index (χ2n) is 7.28.